The van der Waals surface area contributed by atoms with E-state index in [4.69, 9.17) is 5.11 Å². The number of carbonyl (C=O) groups is 1. The maximum Gasteiger partial charge on any atom is 0.313 e. The van der Waals surface area contributed by atoms with Crippen molar-refractivity contribution in [2.45, 2.75) is 5.16 Å². The van der Waals surface area contributed by atoms with Gasteiger partial charge in [-0.25, -0.2) is 8.78 Å². The molecule has 1 heterocycles. The highest BCUT2D eigenvalue weighted by atomic mass is 32.2. The minimum Gasteiger partial charge on any atom is -0.481 e. The first-order valence-electron chi connectivity index (χ1n) is 5.36. The van der Waals surface area contributed by atoms with Gasteiger partial charge in [0.15, 0.2) is 5.16 Å². The number of carboxylic acids is 1. The summed E-state index contributed by atoms with van der Waals surface area (Å²) in [6, 6.07) is 3.94. The predicted molar refractivity (Wildman–Crippen MR) is 68.1 cm³/mol. The van der Waals surface area contributed by atoms with Gasteiger partial charge in [-0.3, -0.25) is 14.2 Å². The number of benzene rings is 1. The van der Waals surface area contributed by atoms with Crippen LogP contribution in [0.3, 0.4) is 0 Å². The van der Waals surface area contributed by atoms with Gasteiger partial charge in [-0.05, 0) is 12.1 Å². The molecule has 5 nitrogen and oxygen atoms in total. The Bertz CT molecular complexity index is 698. The second kappa shape index (κ2) is 5.83. The number of thioether (sulfide) groups is 1. The molecule has 2 rings (SSSR count). The third kappa shape index (κ3) is 3.41. The van der Waals surface area contributed by atoms with Gasteiger partial charge < -0.3 is 5.11 Å². The number of hydrogen-bond donors (Lipinski definition) is 1. The van der Waals surface area contributed by atoms with E-state index in [-0.39, 0.29) is 16.6 Å². The fourth-order valence-electron chi connectivity index (χ4n) is 1.49. The molecule has 1 N–H and O–H groups in total. The van der Waals surface area contributed by atoms with E-state index in [0.717, 1.165) is 30.0 Å². The Morgan fingerprint density at radius 3 is 2.55 bits per heavy atom. The van der Waals surface area contributed by atoms with Gasteiger partial charge in [0, 0.05) is 18.3 Å². The summed E-state index contributed by atoms with van der Waals surface area (Å²) in [4.78, 5) is 25.4. The van der Waals surface area contributed by atoms with Gasteiger partial charge >= 0.3 is 5.97 Å². The highest BCUT2D eigenvalue weighted by Crippen LogP contribution is 2.20. The monoisotopic (exact) mass is 298 g/mol. The van der Waals surface area contributed by atoms with Crippen molar-refractivity contribution in [3.05, 3.63) is 52.5 Å². The second-order valence-electron chi connectivity index (χ2n) is 3.73. The number of aliphatic carboxylic acids is 1. The van der Waals surface area contributed by atoms with Crippen LogP contribution >= 0.6 is 11.8 Å². The Morgan fingerprint density at radius 2 is 1.95 bits per heavy atom. The Labute approximate surface area is 115 Å². The van der Waals surface area contributed by atoms with Crippen molar-refractivity contribution < 1.29 is 18.7 Å². The van der Waals surface area contributed by atoms with Crippen LogP contribution in [0.5, 0.6) is 0 Å². The van der Waals surface area contributed by atoms with Gasteiger partial charge in [0.25, 0.3) is 5.56 Å². The molecule has 8 heteroatoms. The summed E-state index contributed by atoms with van der Waals surface area (Å²) >= 11 is 0.783. The first-order chi connectivity index (χ1) is 9.45. The van der Waals surface area contributed by atoms with Crippen LogP contribution in [0.1, 0.15) is 0 Å². The van der Waals surface area contributed by atoms with Crippen LogP contribution in [0.2, 0.25) is 0 Å². The molecule has 104 valence electrons. The second-order valence-corrected chi connectivity index (χ2v) is 4.67. The molecule has 1 aromatic heterocycles. The lowest BCUT2D eigenvalue weighted by atomic mass is 10.3. The number of aromatic nitrogens is 2. The molecule has 0 fully saturated rings. The molecule has 0 aliphatic carbocycles. The molecule has 0 radical (unpaired) electrons. The lowest BCUT2D eigenvalue weighted by Gasteiger charge is -2.11. The fraction of sp³-hybridized carbons (Fsp3) is 0.0833. The smallest absolute Gasteiger partial charge is 0.313 e. The molecule has 1 aromatic carbocycles. The van der Waals surface area contributed by atoms with E-state index in [1.807, 2.05) is 0 Å². The molecular weight excluding hydrogens is 290 g/mol. The maximum atomic E-state index is 13.2. The number of halogens is 2. The predicted octanol–water partition coefficient (Wildman–Crippen LogP) is 1.69. The fourth-order valence-corrected chi connectivity index (χ4v) is 2.20. The van der Waals surface area contributed by atoms with Crippen molar-refractivity contribution >= 4 is 17.7 Å². The standard InChI is InChI=1S/C12H8F2N2O3S/c13-7-3-8(14)5-9(4-7)16-2-1-10(17)15-12(16)20-6-11(18)19/h1-5H,6H2,(H,18,19). The summed E-state index contributed by atoms with van der Waals surface area (Å²) in [7, 11) is 0. The molecule has 0 atom stereocenters. The first-order valence-corrected chi connectivity index (χ1v) is 6.35. The molecule has 0 bridgehead atoms. The lowest BCUT2D eigenvalue weighted by Crippen LogP contribution is -2.13. The first kappa shape index (κ1) is 14.2. The molecule has 0 unspecified atom stereocenters. The Morgan fingerprint density at radius 1 is 1.30 bits per heavy atom. The van der Waals surface area contributed by atoms with E-state index in [1.54, 1.807) is 0 Å². The largest absolute Gasteiger partial charge is 0.481 e. The van der Waals surface area contributed by atoms with Crippen LogP contribution in [0.15, 0.2) is 40.4 Å². The SMILES string of the molecule is O=C(O)CSc1nc(=O)ccn1-c1cc(F)cc(F)c1. The summed E-state index contributed by atoms with van der Waals surface area (Å²) < 4.78 is 27.7. The van der Waals surface area contributed by atoms with Gasteiger partial charge in [0.1, 0.15) is 11.6 Å². The van der Waals surface area contributed by atoms with E-state index in [1.165, 1.54) is 10.8 Å². The van der Waals surface area contributed by atoms with Gasteiger partial charge in [0.2, 0.25) is 0 Å². The molecule has 0 aliphatic rings. The van der Waals surface area contributed by atoms with Crippen molar-refractivity contribution in [1.29, 1.82) is 0 Å². The summed E-state index contributed by atoms with van der Waals surface area (Å²) in [6.07, 6.45) is 1.29. The highest BCUT2D eigenvalue weighted by Gasteiger charge is 2.10. The maximum absolute atomic E-state index is 13.2. The minimum atomic E-state index is -1.09. The molecule has 2 aromatic rings. The number of nitrogens with zero attached hydrogens (tertiary/aromatic N) is 2. The lowest BCUT2D eigenvalue weighted by molar-refractivity contribution is -0.133. The van der Waals surface area contributed by atoms with E-state index in [9.17, 15) is 18.4 Å². The number of hydrogen-bond acceptors (Lipinski definition) is 4. The van der Waals surface area contributed by atoms with E-state index in [0.29, 0.717) is 6.07 Å². The molecule has 20 heavy (non-hydrogen) atoms. The molecule has 0 saturated heterocycles. The molecule has 0 aliphatic heterocycles. The van der Waals surface area contributed by atoms with Crippen LogP contribution < -0.4 is 5.56 Å². The summed E-state index contributed by atoms with van der Waals surface area (Å²) in [6.45, 7) is 0. The van der Waals surface area contributed by atoms with Gasteiger partial charge in [-0.15, -0.1) is 0 Å². The van der Waals surface area contributed by atoms with Crippen LogP contribution in [-0.4, -0.2) is 26.4 Å². The third-order valence-electron chi connectivity index (χ3n) is 2.23. The Balaban J connectivity index is 2.49. The summed E-state index contributed by atoms with van der Waals surface area (Å²) in [5.74, 6) is -2.99. The van der Waals surface area contributed by atoms with Gasteiger partial charge in [-0.2, -0.15) is 4.98 Å². The zero-order valence-electron chi connectivity index (χ0n) is 9.92. The topological polar surface area (TPSA) is 72.2 Å². The van der Waals surface area contributed by atoms with Crippen molar-refractivity contribution in [2.75, 3.05) is 5.75 Å². The highest BCUT2D eigenvalue weighted by molar-refractivity contribution is 7.99. The van der Waals surface area contributed by atoms with E-state index < -0.39 is 23.2 Å². The van der Waals surface area contributed by atoms with Crippen molar-refractivity contribution in [3.8, 4) is 5.69 Å². The van der Waals surface area contributed by atoms with Crippen molar-refractivity contribution in [2.24, 2.45) is 0 Å². The molecule has 0 spiro atoms. The number of carboxylic acid groups (broad SMARTS) is 1. The Kier molecular flexibility index (Phi) is 4.14. The average molecular weight is 298 g/mol. The quantitative estimate of drug-likeness (QED) is 0.687. The average Bonchev–Trinajstić information content (AvgIpc) is 2.35. The van der Waals surface area contributed by atoms with Crippen molar-refractivity contribution in [1.82, 2.24) is 9.55 Å². The van der Waals surface area contributed by atoms with Gasteiger partial charge in [-0.1, -0.05) is 11.8 Å². The van der Waals surface area contributed by atoms with Crippen LogP contribution in [0, 0.1) is 11.6 Å². The van der Waals surface area contributed by atoms with Crippen molar-refractivity contribution in [3.63, 3.8) is 0 Å². The molecule has 0 saturated carbocycles. The molecular formula is C12H8F2N2O3S. The van der Waals surface area contributed by atoms with Crippen LogP contribution in [0.25, 0.3) is 5.69 Å². The van der Waals surface area contributed by atoms with Gasteiger partial charge in [0.05, 0.1) is 11.4 Å². The van der Waals surface area contributed by atoms with Crippen LogP contribution in [-0.2, 0) is 4.79 Å². The zero-order chi connectivity index (χ0) is 14.7. The van der Waals surface area contributed by atoms with Crippen LogP contribution in [0.4, 0.5) is 8.78 Å². The zero-order valence-corrected chi connectivity index (χ0v) is 10.7. The third-order valence-corrected chi connectivity index (χ3v) is 3.17. The minimum absolute atomic E-state index is 0.0462. The summed E-state index contributed by atoms with van der Waals surface area (Å²) in [5, 5.41) is 8.68. The van der Waals surface area contributed by atoms with E-state index >= 15 is 0 Å². The normalized spacial score (nSPS) is 10.5. The summed E-state index contributed by atoms with van der Waals surface area (Å²) in [5.41, 5.74) is -0.450. The number of rotatable bonds is 4. The van der Waals surface area contributed by atoms with E-state index in [2.05, 4.69) is 4.98 Å². The molecule has 0 amide bonds. The Hall–Kier alpha value is -2.22.